The van der Waals surface area contributed by atoms with Crippen LogP contribution in [0.2, 0.25) is 15.1 Å². The van der Waals surface area contributed by atoms with Crippen molar-refractivity contribution in [1.82, 2.24) is 4.98 Å². The number of phenols is 1. The first-order valence-electron chi connectivity index (χ1n) is 13.3. The van der Waals surface area contributed by atoms with Gasteiger partial charge in [0, 0.05) is 38.3 Å². The first-order valence-corrected chi connectivity index (χ1v) is 18.3. The molecule has 0 fully saturated rings. The van der Waals surface area contributed by atoms with Gasteiger partial charge in [0.25, 0.3) is 0 Å². The van der Waals surface area contributed by atoms with Gasteiger partial charge in [-0.05, 0) is 62.2 Å². The van der Waals surface area contributed by atoms with Crippen molar-refractivity contribution in [3.8, 4) is 17.2 Å². The van der Waals surface area contributed by atoms with E-state index in [-0.39, 0.29) is 33.4 Å². The molecule has 1 heterocycles. The number of hydrogen-bond acceptors (Lipinski definition) is 7. The number of halogens is 3. The predicted octanol–water partition coefficient (Wildman–Crippen LogP) is 10.2. The minimum Gasteiger partial charge on any atom is -0.504 e. The summed E-state index contributed by atoms with van der Waals surface area (Å²) in [6.45, 7) is 2.30. The monoisotopic (exact) mass is 673 g/mol. The first kappa shape index (κ1) is 32.3. The van der Waals surface area contributed by atoms with E-state index in [1.807, 2.05) is 32.0 Å². The number of aromatic hydroxyl groups is 1. The second-order valence-corrected chi connectivity index (χ2v) is 15.2. The lowest BCUT2D eigenvalue weighted by atomic mass is 10.1. The molecule has 0 spiro atoms. The molecule has 0 radical (unpaired) electrons. The molecule has 0 saturated heterocycles. The van der Waals surface area contributed by atoms with Gasteiger partial charge in [0.2, 0.25) is 0 Å². The van der Waals surface area contributed by atoms with E-state index in [1.54, 1.807) is 18.2 Å². The van der Waals surface area contributed by atoms with E-state index in [9.17, 15) is 9.32 Å². The average Bonchev–Trinajstić information content (AvgIpc) is 2.93. The van der Waals surface area contributed by atoms with Gasteiger partial charge in [-0.3, -0.25) is 8.73 Å². The fourth-order valence-corrected chi connectivity index (χ4v) is 8.87. The van der Waals surface area contributed by atoms with Crippen LogP contribution in [0.5, 0.6) is 17.2 Å². The molecule has 0 bridgehead atoms. The summed E-state index contributed by atoms with van der Waals surface area (Å²) < 4.78 is 31.4. The summed E-state index contributed by atoms with van der Waals surface area (Å²) in [5, 5.41) is 13.1. The average molecular weight is 675 g/mol. The van der Waals surface area contributed by atoms with Gasteiger partial charge in [-0.2, -0.15) is 0 Å². The highest BCUT2D eigenvalue weighted by Crippen LogP contribution is 2.56. The number of nitrogens with zero attached hydrogens (tertiary/aromatic N) is 1. The van der Waals surface area contributed by atoms with Crippen molar-refractivity contribution in [3.05, 3.63) is 63.6 Å². The van der Waals surface area contributed by atoms with Crippen LogP contribution in [0.25, 0.3) is 21.8 Å². The molecule has 3 atom stereocenters. The smallest absolute Gasteiger partial charge is 0.435 e. The summed E-state index contributed by atoms with van der Waals surface area (Å²) in [4.78, 5) is 5.39. The SMILES string of the molecule is CCCCCCS(=O)c1cccc2nc3ccc(OP(=S)(Oc4c(Cl)cc(Cl)cc4Cl)OC(C)CC)c(O)c3cc12. The number of hydrogen-bond donors (Lipinski definition) is 1. The number of benzene rings is 3. The topological polar surface area (TPSA) is 77.9 Å². The number of aromatic nitrogens is 1. The predicted molar refractivity (Wildman–Crippen MR) is 174 cm³/mol. The summed E-state index contributed by atoms with van der Waals surface area (Å²) >= 11 is 24.5. The lowest BCUT2D eigenvalue weighted by Crippen LogP contribution is -2.12. The molecule has 0 aliphatic carbocycles. The van der Waals surface area contributed by atoms with Crippen LogP contribution in [0.1, 0.15) is 52.9 Å². The Bertz CT molecular complexity index is 1610. The molecule has 0 aliphatic heterocycles. The van der Waals surface area contributed by atoms with Crippen LogP contribution >= 0.6 is 41.5 Å². The quantitative estimate of drug-likeness (QED) is 0.0859. The number of fused-ring (bicyclic) bond motifs is 2. The summed E-state index contributed by atoms with van der Waals surface area (Å²) in [5.74, 6) is 0.488. The molecular weight excluding hydrogens is 644 g/mol. The maximum Gasteiger partial charge on any atom is 0.435 e. The molecule has 1 aromatic heterocycles. The van der Waals surface area contributed by atoms with Crippen LogP contribution in [0, 0.1) is 0 Å². The Morgan fingerprint density at radius 3 is 2.37 bits per heavy atom. The van der Waals surface area contributed by atoms with Gasteiger partial charge in [0.05, 0.1) is 38.0 Å². The highest BCUT2D eigenvalue weighted by molar-refractivity contribution is 8.07. The molecule has 220 valence electrons. The van der Waals surface area contributed by atoms with E-state index in [1.165, 1.54) is 12.1 Å². The summed E-state index contributed by atoms with van der Waals surface area (Å²) in [5.41, 5.74) is 1.22. The third-order valence-corrected chi connectivity index (χ3v) is 10.9. The largest absolute Gasteiger partial charge is 0.504 e. The molecule has 4 aromatic rings. The van der Waals surface area contributed by atoms with Gasteiger partial charge >= 0.3 is 6.72 Å². The molecule has 41 heavy (non-hydrogen) atoms. The molecule has 12 heteroatoms. The Morgan fingerprint density at radius 2 is 1.68 bits per heavy atom. The molecule has 4 rings (SSSR count). The Labute approximate surface area is 263 Å². The molecule has 0 saturated carbocycles. The Kier molecular flexibility index (Phi) is 11.2. The van der Waals surface area contributed by atoms with Gasteiger partial charge in [-0.25, -0.2) is 4.98 Å². The minimum absolute atomic E-state index is 0.0460. The Balaban J connectivity index is 1.73. The standard InChI is InChI=1S/C29H31Cl3NO5PS2/c1-4-6-7-8-14-41(35)27-11-9-10-24-20(27)17-21-25(33-24)12-13-26(28(21)34)37-39(40,36-18(3)5-2)38-29-22(31)15-19(30)16-23(29)32/h9-13,15-18,34H,4-8,14H2,1-3H3. The summed E-state index contributed by atoms with van der Waals surface area (Å²) in [6.07, 6.45) is 4.45. The van der Waals surface area contributed by atoms with Crippen LogP contribution < -0.4 is 9.05 Å². The van der Waals surface area contributed by atoms with Gasteiger partial charge < -0.3 is 14.2 Å². The summed E-state index contributed by atoms with van der Waals surface area (Å²) in [7, 11) is -1.21. The van der Waals surface area contributed by atoms with E-state index in [0.717, 1.165) is 25.7 Å². The third-order valence-electron chi connectivity index (χ3n) is 6.42. The number of rotatable bonds is 13. The number of pyridine rings is 1. The second kappa shape index (κ2) is 14.2. The van der Waals surface area contributed by atoms with E-state index in [4.69, 9.17) is 65.2 Å². The molecular formula is C29H31Cl3NO5PS2. The van der Waals surface area contributed by atoms with Gasteiger partial charge in [0.15, 0.2) is 17.2 Å². The van der Waals surface area contributed by atoms with Crippen molar-refractivity contribution in [2.45, 2.75) is 63.9 Å². The van der Waals surface area contributed by atoms with Crippen LogP contribution in [0.4, 0.5) is 0 Å². The van der Waals surface area contributed by atoms with E-state index in [0.29, 0.717) is 43.9 Å². The van der Waals surface area contributed by atoms with E-state index in [2.05, 4.69) is 6.92 Å². The van der Waals surface area contributed by atoms with Crippen molar-refractivity contribution < 1.29 is 22.9 Å². The Morgan fingerprint density at radius 1 is 0.976 bits per heavy atom. The lowest BCUT2D eigenvalue weighted by Gasteiger charge is -2.26. The lowest BCUT2D eigenvalue weighted by molar-refractivity contribution is 0.186. The zero-order valence-corrected chi connectivity index (χ0v) is 27.7. The van der Waals surface area contributed by atoms with Crippen LogP contribution in [0.3, 0.4) is 0 Å². The fourth-order valence-electron chi connectivity index (χ4n) is 4.11. The third kappa shape index (κ3) is 7.85. The fraction of sp³-hybridized carbons (Fsp3) is 0.345. The maximum atomic E-state index is 13.2. The zero-order chi connectivity index (χ0) is 29.7. The molecule has 0 amide bonds. The maximum absolute atomic E-state index is 13.2. The first-order chi connectivity index (χ1) is 19.5. The van der Waals surface area contributed by atoms with Crippen molar-refractivity contribution in [2.75, 3.05) is 5.75 Å². The summed E-state index contributed by atoms with van der Waals surface area (Å²) in [6, 6.07) is 13.6. The molecule has 1 N–H and O–H groups in total. The molecule has 3 aromatic carbocycles. The van der Waals surface area contributed by atoms with E-state index < -0.39 is 17.5 Å². The van der Waals surface area contributed by atoms with Crippen LogP contribution in [-0.2, 0) is 27.1 Å². The van der Waals surface area contributed by atoms with Crippen molar-refractivity contribution >= 4 is 85.9 Å². The molecule has 6 nitrogen and oxygen atoms in total. The van der Waals surface area contributed by atoms with Gasteiger partial charge in [-0.1, -0.05) is 74.0 Å². The minimum atomic E-state index is -3.61. The number of unbranched alkanes of at least 4 members (excludes halogenated alkanes) is 3. The highest BCUT2D eigenvalue weighted by Gasteiger charge is 2.31. The van der Waals surface area contributed by atoms with E-state index >= 15 is 0 Å². The van der Waals surface area contributed by atoms with Crippen LogP contribution in [-0.4, -0.2) is 26.2 Å². The van der Waals surface area contributed by atoms with Crippen LogP contribution in [0.15, 0.2) is 53.4 Å². The van der Waals surface area contributed by atoms with Crippen molar-refractivity contribution in [2.24, 2.45) is 0 Å². The number of phenolic OH excluding ortho intramolecular Hbond substituents is 1. The highest BCUT2D eigenvalue weighted by atomic mass is 35.5. The zero-order valence-electron chi connectivity index (χ0n) is 22.9. The van der Waals surface area contributed by atoms with Gasteiger partial charge in [-0.15, -0.1) is 0 Å². The normalized spacial score (nSPS) is 14.6. The Hall–Kier alpha value is -1.64. The van der Waals surface area contributed by atoms with Crippen molar-refractivity contribution in [3.63, 3.8) is 0 Å². The van der Waals surface area contributed by atoms with Gasteiger partial charge in [0.1, 0.15) is 0 Å². The second-order valence-electron chi connectivity index (χ2n) is 9.55. The van der Waals surface area contributed by atoms with Crippen molar-refractivity contribution in [1.29, 1.82) is 0 Å². The molecule has 0 aliphatic rings. The molecule has 3 unspecified atom stereocenters.